The van der Waals surface area contributed by atoms with Gasteiger partial charge in [0.2, 0.25) is 5.91 Å². The van der Waals surface area contributed by atoms with E-state index in [0.717, 1.165) is 49.2 Å². The molecule has 2 amide bonds. The minimum absolute atomic E-state index is 0.0227. The molecular formula is C32H35N3O4. The Morgan fingerprint density at radius 1 is 0.897 bits per heavy atom. The highest BCUT2D eigenvalue weighted by Crippen LogP contribution is 2.48. The van der Waals surface area contributed by atoms with Crippen LogP contribution in [0, 0.1) is 0 Å². The van der Waals surface area contributed by atoms with E-state index in [1.165, 1.54) is 11.1 Å². The van der Waals surface area contributed by atoms with E-state index in [1.54, 1.807) is 14.2 Å². The second-order valence-corrected chi connectivity index (χ2v) is 10.6. The Kier molecular flexibility index (Phi) is 7.00. The van der Waals surface area contributed by atoms with Crippen molar-refractivity contribution < 1.29 is 19.1 Å². The van der Waals surface area contributed by atoms with Gasteiger partial charge in [-0.15, -0.1) is 0 Å². The van der Waals surface area contributed by atoms with Crippen LogP contribution < -0.4 is 14.8 Å². The third-order valence-electron chi connectivity index (χ3n) is 8.47. The van der Waals surface area contributed by atoms with Crippen molar-refractivity contribution in [2.45, 2.75) is 37.8 Å². The molecule has 3 aliphatic rings. The van der Waals surface area contributed by atoms with Crippen LogP contribution in [-0.4, -0.2) is 62.0 Å². The summed E-state index contributed by atoms with van der Waals surface area (Å²) < 4.78 is 11.1. The highest BCUT2D eigenvalue weighted by Gasteiger charge is 2.46. The van der Waals surface area contributed by atoms with Crippen LogP contribution in [0.1, 0.15) is 56.6 Å². The molecule has 2 atom stereocenters. The molecule has 3 aromatic rings. The zero-order valence-corrected chi connectivity index (χ0v) is 22.6. The van der Waals surface area contributed by atoms with Crippen molar-refractivity contribution >= 4 is 11.8 Å². The first-order valence-corrected chi connectivity index (χ1v) is 13.8. The van der Waals surface area contributed by atoms with Gasteiger partial charge in [-0.3, -0.25) is 14.5 Å². The molecule has 1 N–H and O–H groups in total. The third-order valence-corrected chi connectivity index (χ3v) is 8.47. The van der Waals surface area contributed by atoms with E-state index in [-0.39, 0.29) is 11.8 Å². The van der Waals surface area contributed by atoms with Gasteiger partial charge in [-0.1, -0.05) is 42.5 Å². The molecule has 0 saturated heterocycles. The van der Waals surface area contributed by atoms with Crippen molar-refractivity contribution in [1.82, 2.24) is 15.1 Å². The van der Waals surface area contributed by atoms with Gasteiger partial charge in [0.05, 0.1) is 26.2 Å². The smallest absolute Gasteiger partial charge is 0.254 e. The average Bonchev–Trinajstić information content (AvgIpc) is 2.98. The number of nitrogens with one attached hydrogen (secondary N) is 1. The number of hydrogen-bond acceptors (Lipinski definition) is 5. The Labute approximate surface area is 229 Å². The van der Waals surface area contributed by atoms with E-state index in [9.17, 15) is 9.59 Å². The van der Waals surface area contributed by atoms with E-state index in [4.69, 9.17) is 9.47 Å². The standard InChI is InChI=1S/C32H35N3O4/c1-38-27-18-22-13-17-35-30(26(22)19-28(27)39-2)29(24-10-5-6-11-25(24)32(35)37)31(36)33-14-7-15-34-16-12-21-8-3-4-9-23(21)20-34/h3-6,8-11,18-19,29-30H,7,12-17,20H2,1-2H3,(H,33,36)/t29-,30+/m0/s1. The van der Waals surface area contributed by atoms with Crippen molar-refractivity contribution in [1.29, 1.82) is 0 Å². The lowest BCUT2D eigenvalue weighted by molar-refractivity contribution is -0.124. The predicted octanol–water partition coefficient (Wildman–Crippen LogP) is 4.11. The van der Waals surface area contributed by atoms with E-state index in [2.05, 4.69) is 34.5 Å². The number of carbonyl (C=O) groups excluding carboxylic acids is 2. The van der Waals surface area contributed by atoms with Gasteiger partial charge >= 0.3 is 0 Å². The number of rotatable bonds is 7. The molecule has 0 aliphatic carbocycles. The number of benzene rings is 3. The summed E-state index contributed by atoms with van der Waals surface area (Å²) in [5.41, 5.74) is 6.29. The van der Waals surface area contributed by atoms with E-state index >= 15 is 0 Å². The first-order valence-electron chi connectivity index (χ1n) is 13.8. The average molecular weight is 526 g/mol. The lowest BCUT2D eigenvalue weighted by atomic mass is 9.75. The highest BCUT2D eigenvalue weighted by molar-refractivity contribution is 6.01. The number of fused-ring (bicyclic) bond motifs is 5. The van der Waals surface area contributed by atoms with Gasteiger partial charge in [-0.25, -0.2) is 0 Å². The van der Waals surface area contributed by atoms with E-state index in [1.807, 2.05) is 41.3 Å². The summed E-state index contributed by atoms with van der Waals surface area (Å²) in [5, 5.41) is 3.22. The Hall–Kier alpha value is -3.84. The van der Waals surface area contributed by atoms with Gasteiger partial charge in [0, 0.05) is 38.3 Å². The summed E-state index contributed by atoms with van der Waals surface area (Å²) in [6, 6.07) is 19.7. The molecule has 0 spiro atoms. The fraction of sp³-hybridized carbons (Fsp3) is 0.375. The summed E-state index contributed by atoms with van der Waals surface area (Å²) in [4.78, 5) is 31.8. The molecule has 3 heterocycles. The minimum Gasteiger partial charge on any atom is -0.493 e. The van der Waals surface area contributed by atoms with Crippen LogP contribution in [0.3, 0.4) is 0 Å². The maximum absolute atomic E-state index is 13.9. The molecule has 0 radical (unpaired) electrons. The second kappa shape index (κ2) is 10.7. The van der Waals surface area contributed by atoms with Gasteiger partial charge in [0.15, 0.2) is 11.5 Å². The molecule has 0 unspecified atom stereocenters. The fourth-order valence-electron chi connectivity index (χ4n) is 6.51. The Balaban J connectivity index is 1.22. The quantitative estimate of drug-likeness (QED) is 0.471. The summed E-state index contributed by atoms with van der Waals surface area (Å²) >= 11 is 0. The van der Waals surface area contributed by atoms with Crippen molar-refractivity contribution in [3.8, 4) is 11.5 Å². The number of carbonyl (C=O) groups is 2. The summed E-state index contributed by atoms with van der Waals surface area (Å²) in [6.07, 6.45) is 2.64. The molecular weight excluding hydrogens is 490 g/mol. The van der Waals surface area contributed by atoms with Crippen molar-refractivity contribution in [2.75, 3.05) is 40.4 Å². The number of nitrogens with zero attached hydrogens (tertiary/aromatic N) is 2. The molecule has 39 heavy (non-hydrogen) atoms. The van der Waals surface area contributed by atoms with Crippen LogP contribution >= 0.6 is 0 Å². The first kappa shape index (κ1) is 25.4. The van der Waals surface area contributed by atoms with Gasteiger partial charge < -0.3 is 19.7 Å². The van der Waals surface area contributed by atoms with Gasteiger partial charge in [-0.05, 0) is 65.3 Å². The van der Waals surface area contributed by atoms with Crippen LogP contribution in [0.4, 0.5) is 0 Å². The number of methoxy groups -OCH3 is 2. The summed E-state index contributed by atoms with van der Waals surface area (Å²) in [6.45, 7) is 4.09. The maximum atomic E-state index is 13.9. The normalized spacial score (nSPS) is 19.8. The van der Waals surface area contributed by atoms with Crippen LogP contribution in [-0.2, 0) is 24.2 Å². The molecule has 3 aliphatic heterocycles. The SMILES string of the molecule is COc1cc2c(cc1OC)[C@@H]1[C@@H](C(=O)NCCCN3CCc4ccccc4C3)c3ccccc3C(=O)N1CC2. The Morgan fingerprint density at radius 2 is 1.62 bits per heavy atom. The predicted molar refractivity (Wildman–Crippen MR) is 149 cm³/mol. The first-order chi connectivity index (χ1) is 19.1. The largest absolute Gasteiger partial charge is 0.493 e. The Bertz CT molecular complexity index is 1400. The lowest BCUT2D eigenvalue weighted by Gasteiger charge is -2.45. The second-order valence-electron chi connectivity index (χ2n) is 10.6. The van der Waals surface area contributed by atoms with Crippen molar-refractivity contribution in [3.63, 3.8) is 0 Å². The summed E-state index contributed by atoms with van der Waals surface area (Å²) in [5.74, 6) is 0.695. The monoisotopic (exact) mass is 525 g/mol. The zero-order valence-electron chi connectivity index (χ0n) is 22.6. The lowest BCUT2D eigenvalue weighted by Crippen LogP contribution is -2.50. The van der Waals surface area contributed by atoms with Gasteiger partial charge in [0.1, 0.15) is 0 Å². The zero-order chi connectivity index (χ0) is 26.9. The molecule has 3 aromatic carbocycles. The number of hydrogen-bond donors (Lipinski definition) is 1. The molecule has 7 heteroatoms. The van der Waals surface area contributed by atoms with E-state index < -0.39 is 12.0 Å². The Morgan fingerprint density at radius 3 is 2.44 bits per heavy atom. The maximum Gasteiger partial charge on any atom is 0.254 e. The molecule has 0 aromatic heterocycles. The molecule has 0 saturated carbocycles. The summed E-state index contributed by atoms with van der Waals surface area (Å²) in [7, 11) is 3.23. The molecule has 0 fully saturated rings. The molecule has 202 valence electrons. The molecule has 0 bridgehead atoms. The third kappa shape index (κ3) is 4.65. The van der Waals surface area contributed by atoms with Crippen LogP contribution in [0.2, 0.25) is 0 Å². The minimum atomic E-state index is -0.502. The topological polar surface area (TPSA) is 71.1 Å². The van der Waals surface area contributed by atoms with Gasteiger partial charge in [0.25, 0.3) is 5.91 Å². The molecule has 7 nitrogen and oxygen atoms in total. The van der Waals surface area contributed by atoms with Crippen LogP contribution in [0.25, 0.3) is 0 Å². The molecule has 6 rings (SSSR count). The van der Waals surface area contributed by atoms with Crippen molar-refractivity contribution in [2.24, 2.45) is 0 Å². The van der Waals surface area contributed by atoms with E-state index in [0.29, 0.717) is 36.6 Å². The van der Waals surface area contributed by atoms with Crippen LogP contribution in [0.5, 0.6) is 11.5 Å². The van der Waals surface area contributed by atoms with Crippen molar-refractivity contribution in [3.05, 3.63) is 94.0 Å². The highest BCUT2D eigenvalue weighted by atomic mass is 16.5. The fourth-order valence-corrected chi connectivity index (χ4v) is 6.51. The van der Waals surface area contributed by atoms with Crippen LogP contribution in [0.15, 0.2) is 60.7 Å². The number of ether oxygens (including phenoxy) is 2. The van der Waals surface area contributed by atoms with Gasteiger partial charge in [-0.2, -0.15) is 0 Å². The number of amides is 2.